The molecule has 37 heavy (non-hydrogen) atoms. The van der Waals surface area contributed by atoms with Crippen LogP contribution in [0.4, 0.5) is 5.69 Å². The number of amides is 1. The van der Waals surface area contributed by atoms with Crippen molar-refractivity contribution in [2.45, 2.75) is 65.7 Å². The quantitative estimate of drug-likeness (QED) is 0.332. The van der Waals surface area contributed by atoms with Gasteiger partial charge in [0.2, 0.25) is 5.91 Å². The average Bonchev–Trinajstić information content (AvgIpc) is 2.91. The van der Waals surface area contributed by atoms with Gasteiger partial charge in [0.15, 0.2) is 0 Å². The molecule has 1 heterocycles. The van der Waals surface area contributed by atoms with E-state index in [1.807, 2.05) is 39.0 Å². The van der Waals surface area contributed by atoms with Crippen molar-refractivity contribution >= 4 is 11.6 Å². The fraction of sp³-hybridized carbons (Fsp3) is 0.424. The van der Waals surface area contributed by atoms with Gasteiger partial charge in [-0.05, 0) is 43.0 Å². The van der Waals surface area contributed by atoms with Crippen molar-refractivity contribution in [1.82, 2.24) is 9.80 Å². The molecule has 1 fully saturated rings. The zero-order chi connectivity index (χ0) is 26.3. The lowest BCUT2D eigenvalue weighted by molar-refractivity contribution is -0.126. The molecule has 1 aliphatic heterocycles. The Morgan fingerprint density at radius 3 is 1.73 bits per heavy atom. The molecule has 3 aromatic rings. The summed E-state index contributed by atoms with van der Waals surface area (Å²) in [4.78, 5) is 20.7. The zero-order valence-electron chi connectivity index (χ0n) is 23.0. The van der Waals surface area contributed by atoms with E-state index in [4.69, 9.17) is 0 Å². The van der Waals surface area contributed by atoms with Crippen LogP contribution in [0.2, 0.25) is 0 Å². The largest absolute Gasteiger partial charge is 0.309 e. The summed E-state index contributed by atoms with van der Waals surface area (Å²) in [6.45, 7) is 13.4. The van der Waals surface area contributed by atoms with Crippen molar-refractivity contribution in [2.24, 2.45) is 5.41 Å². The van der Waals surface area contributed by atoms with Crippen molar-refractivity contribution in [1.29, 1.82) is 0 Å². The van der Waals surface area contributed by atoms with Crippen LogP contribution in [-0.2, 0) is 17.9 Å². The van der Waals surface area contributed by atoms with E-state index in [0.717, 1.165) is 51.3 Å². The van der Waals surface area contributed by atoms with E-state index in [9.17, 15) is 4.79 Å². The van der Waals surface area contributed by atoms with Gasteiger partial charge in [-0.15, -0.1) is 0 Å². The highest BCUT2D eigenvalue weighted by Gasteiger charge is 2.35. The minimum Gasteiger partial charge on any atom is -0.309 e. The van der Waals surface area contributed by atoms with Gasteiger partial charge in [-0.3, -0.25) is 9.69 Å². The Bertz CT molecular complexity index is 1050. The molecule has 0 saturated carbocycles. The second-order valence-corrected chi connectivity index (χ2v) is 11.5. The first-order valence-corrected chi connectivity index (χ1v) is 13.7. The number of carbonyl (C=O) groups is 1. The van der Waals surface area contributed by atoms with Crippen LogP contribution in [0.1, 0.15) is 51.7 Å². The number of benzene rings is 3. The second-order valence-electron chi connectivity index (χ2n) is 11.5. The van der Waals surface area contributed by atoms with E-state index >= 15 is 0 Å². The molecule has 1 atom stereocenters. The van der Waals surface area contributed by atoms with Crippen LogP contribution in [0.3, 0.4) is 0 Å². The molecule has 0 N–H and O–H groups in total. The Kier molecular flexibility index (Phi) is 9.18. The molecular weight excluding hydrogens is 454 g/mol. The van der Waals surface area contributed by atoms with E-state index in [0.29, 0.717) is 6.04 Å². The van der Waals surface area contributed by atoms with E-state index in [1.165, 1.54) is 11.1 Å². The smallest absolute Gasteiger partial charge is 0.232 e. The Hall–Kier alpha value is -2.95. The molecule has 0 radical (unpaired) electrons. The van der Waals surface area contributed by atoms with Crippen LogP contribution in [0, 0.1) is 5.41 Å². The normalized spacial score (nSPS) is 16.0. The first kappa shape index (κ1) is 27.1. The van der Waals surface area contributed by atoms with Gasteiger partial charge in [0.25, 0.3) is 0 Å². The summed E-state index contributed by atoms with van der Waals surface area (Å²) in [7, 11) is 0. The molecule has 3 aromatic carbocycles. The third-order valence-electron chi connectivity index (χ3n) is 7.42. The highest BCUT2D eigenvalue weighted by atomic mass is 16.2. The maximum absolute atomic E-state index is 13.5. The molecule has 0 aromatic heterocycles. The summed E-state index contributed by atoms with van der Waals surface area (Å²) < 4.78 is 0. The number of anilines is 1. The Labute approximate surface area is 223 Å². The number of piperidine rings is 1. The lowest BCUT2D eigenvalue weighted by Crippen LogP contribution is -2.52. The molecule has 0 aliphatic carbocycles. The van der Waals surface area contributed by atoms with Gasteiger partial charge in [0.1, 0.15) is 0 Å². The molecule has 0 unspecified atom stereocenters. The van der Waals surface area contributed by atoms with Gasteiger partial charge in [-0.2, -0.15) is 0 Å². The predicted octanol–water partition coefficient (Wildman–Crippen LogP) is 6.62. The van der Waals surface area contributed by atoms with E-state index in [2.05, 4.69) is 94.4 Å². The Balaban J connectivity index is 1.41. The molecule has 1 amide bonds. The Morgan fingerprint density at radius 2 is 1.27 bits per heavy atom. The van der Waals surface area contributed by atoms with Crippen molar-refractivity contribution in [3.63, 3.8) is 0 Å². The topological polar surface area (TPSA) is 26.8 Å². The summed E-state index contributed by atoms with van der Waals surface area (Å²) >= 11 is 0. The third kappa shape index (κ3) is 7.53. The summed E-state index contributed by atoms with van der Waals surface area (Å²) in [5.74, 6) is 0.211. The van der Waals surface area contributed by atoms with Crippen molar-refractivity contribution in [2.75, 3.05) is 24.5 Å². The van der Waals surface area contributed by atoms with Crippen LogP contribution in [0.15, 0.2) is 91.0 Å². The van der Waals surface area contributed by atoms with Crippen LogP contribution >= 0.6 is 0 Å². The van der Waals surface area contributed by atoms with Gasteiger partial charge in [0, 0.05) is 55.9 Å². The van der Waals surface area contributed by atoms with Crippen LogP contribution in [0.5, 0.6) is 0 Å². The van der Waals surface area contributed by atoms with E-state index in [1.54, 1.807) is 0 Å². The molecule has 4 rings (SSSR count). The maximum atomic E-state index is 13.5. The number of hydrogen-bond donors (Lipinski definition) is 0. The lowest BCUT2D eigenvalue weighted by Gasteiger charge is -2.42. The highest BCUT2D eigenvalue weighted by molar-refractivity contribution is 5.97. The predicted molar refractivity (Wildman–Crippen MR) is 154 cm³/mol. The first-order valence-electron chi connectivity index (χ1n) is 13.7. The van der Waals surface area contributed by atoms with Gasteiger partial charge in [-0.1, -0.05) is 99.6 Å². The standard InChI is InChI=1S/C33H43N3O/c1-27(35(25-28-14-8-5-9-15-28)26-29-16-10-6-11-17-29)24-34-22-20-31(21-23-34)36(32(37)33(2,3)4)30-18-12-7-13-19-30/h5-19,27,31H,20-26H2,1-4H3/t27-/m0/s1. The van der Waals surface area contributed by atoms with Crippen LogP contribution < -0.4 is 4.90 Å². The minimum atomic E-state index is -0.406. The van der Waals surface area contributed by atoms with E-state index < -0.39 is 5.41 Å². The molecule has 0 spiro atoms. The zero-order valence-corrected chi connectivity index (χ0v) is 23.0. The van der Waals surface area contributed by atoms with Crippen molar-refractivity contribution < 1.29 is 4.79 Å². The number of likely N-dealkylation sites (tertiary alicyclic amines) is 1. The van der Waals surface area contributed by atoms with Crippen LogP contribution in [0.25, 0.3) is 0 Å². The fourth-order valence-corrected chi connectivity index (χ4v) is 5.30. The molecule has 1 aliphatic rings. The van der Waals surface area contributed by atoms with Crippen LogP contribution in [-0.4, -0.2) is 47.4 Å². The monoisotopic (exact) mass is 497 g/mol. The molecule has 0 bridgehead atoms. The summed E-state index contributed by atoms with van der Waals surface area (Å²) in [5.41, 5.74) is 3.31. The summed E-state index contributed by atoms with van der Waals surface area (Å²) in [6, 6.07) is 32.5. The number of hydrogen-bond acceptors (Lipinski definition) is 3. The molecule has 1 saturated heterocycles. The summed E-state index contributed by atoms with van der Waals surface area (Å²) in [5, 5.41) is 0. The molecule has 4 heteroatoms. The van der Waals surface area contributed by atoms with Crippen molar-refractivity contribution in [3.8, 4) is 0 Å². The van der Waals surface area contributed by atoms with Gasteiger partial charge < -0.3 is 9.80 Å². The lowest BCUT2D eigenvalue weighted by atomic mass is 9.91. The first-order chi connectivity index (χ1) is 17.8. The number of rotatable bonds is 9. The van der Waals surface area contributed by atoms with Gasteiger partial charge in [0.05, 0.1) is 0 Å². The average molecular weight is 498 g/mol. The van der Waals surface area contributed by atoms with Gasteiger partial charge in [-0.25, -0.2) is 0 Å². The highest BCUT2D eigenvalue weighted by Crippen LogP contribution is 2.29. The maximum Gasteiger partial charge on any atom is 0.232 e. The fourth-order valence-electron chi connectivity index (χ4n) is 5.30. The van der Waals surface area contributed by atoms with E-state index in [-0.39, 0.29) is 11.9 Å². The number of carbonyl (C=O) groups excluding carboxylic acids is 1. The number of para-hydroxylation sites is 1. The minimum absolute atomic E-state index is 0.211. The number of nitrogens with zero attached hydrogens (tertiary/aromatic N) is 3. The second kappa shape index (κ2) is 12.5. The molecular formula is C33H43N3O. The Morgan fingerprint density at radius 1 is 0.811 bits per heavy atom. The molecule has 4 nitrogen and oxygen atoms in total. The third-order valence-corrected chi connectivity index (χ3v) is 7.42. The molecule has 196 valence electrons. The SMILES string of the molecule is C[C@@H](CN1CCC(N(C(=O)C(C)(C)C)c2ccccc2)CC1)N(Cc1ccccc1)Cc1ccccc1. The van der Waals surface area contributed by atoms with Gasteiger partial charge >= 0.3 is 0 Å². The summed E-state index contributed by atoms with van der Waals surface area (Å²) in [6.07, 6.45) is 2.00. The van der Waals surface area contributed by atoms with Crippen molar-refractivity contribution in [3.05, 3.63) is 102 Å².